The lowest BCUT2D eigenvalue weighted by molar-refractivity contribution is -0.116. The standard InChI is InChI=1S/C15H17N3O3/c1-11-6-7-13(17-10-11)18-14(19)5-2-8-16-15(20)12-4-3-9-21-12/h3-4,6-7,9-10H,2,5,8H2,1H3,(H,16,20)(H,17,18,19). The SMILES string of the molecule is Cc1ccc(NC(=O)CCCNC(=O)c2ccco2)nc1. The Bertz CT molecular complexity index is 591. The Morgan fingerprint density at radius 3 is 2.81 bits per heavy atom. The first kappa shape index (κ1) is 14.8. The minimum absolute atomic E-state index is 0.126. The van der Waals surface area contributed by atoms with Gasteiger partial charge in [0.1, 0.15) is 5.82 Å². The second-order valence-corrected chi connectivity index (χ2v) is 4.61. The van der Waals surface area contributed by atoms with Gasteiger partial charge >= 0.3 is 0 Å². The average Bonchev–Trinajstić information content (AvgIpc) is 3.00. The molecule has 6 heteroatoms. The number of carbonyl (C=O) groups excluding carboxylic acids is 2. The van der Waals surface area contributed by atoms with Gasteiger partial charge in [0.05, 0.1) is 6.26 Å². The monoisotopic (exact) mass is 287 g/mol. The zero-order valence-electron chi connectivity index (χ0n) is 11.8. The van der Waals surface area contributed by atoms with Gasteiger partial charge in [-0.3, -0.25) is 9.59 Å². The molecule has 0 unspecified atom stereocenters. The Balaban J connectivity index is 1.65. The summed E-state index contributed by atoms with van der Waals surface area (Å²) in [5.74, 6) is 0.396. The van der Waals surface area contributed by atoms with E-state index in [1.165, 1.54) is 6.26 Å². The van der Waals surface area contributed by atoms with Gasteiger partial charge < -0.3 is 15.1 Å². The molecule has 2 rings (SSSR count). The Morgan fingerprint density at radius 2 is 2.14 bits per heavy atom. The van der Waals surface area contributed by atoms with E-state index < -0.39 is 0 Å². The molecule has 0 aliphatic heterocycles. The molecule has 0 bridgehead atoms. The van der Waals surface area contributed by atoms with Crippen LogP contribution in [0.1, 0.15) is 29.0 Å². The van der Waals surface area contributed by atoms with Crippen LogP contribution in [-0.2, 0) is 4.79 Å². The molecule has 110 valence electrons. The van der Waals surface area contributed by atoms with Gasteiger partial charge in [0.25, 0.3) is 5.91 Å². The molecule has 0 atom stereocenters. The van der Waals surface area contributed by atoms with Gasteiger partial charge in [0.15, 0.2) is 5.76 Å². The number of aromatic nitrogens is 1. The van der Waals surface area contributed by atoms with Crippen LogP contribution in [-0.4, -0.2) is 23.3 Å². The second-order valence-electron chi connectivity index (χ2n) is 4.61. The largest absolute Gasteiger partial charge is 0.459 e. The van der Waals surface area contributed by atoms with E-state index in [1.54, 1.807) is 24.4 Å². The van der Waals surface area contributed by atoms with E-state index in [0.717, 1.165) is 5.56 Å². The summed E-state index contributed by atoms with van der Waals surface area (Å²) < 4.78 is 4.96. The van der Waals surface area contributed by atoms with Crippen molar-refractivity contribution in [2.24, 2.45) is 0 Å². The van der Waals surface area contributed by atoms with Crippen LogP contribution in [0.4, 0.5) is 5.82 Å². The highest BCUT2D eigenvalue weighted by Crippen LogP contribution is 2.05. The van der Waals surface area contributed by atoms with E-state index in [0.29, 0.717) is 25.2 Å². The maximum absolute atomic E-state index is 11.7. The molecule has 2 aromatic rings. The highest BCUT2D eigenvalue weighted by Gasteiger charge is 2.08. The summed E-state index contributed by atoms with van der Waals surface area (Å²) in [5, 5.41) is 5.39. The molecule has 0 radical (unpaired) electrons. The third-order valence-corrected chi connectivity index (χ3v) is 2.79. The van der Waals surface area contributed by atoms with Crippen LogP contribution >= 0.6 is 0 Å². The van der Waals surface area contributed by atoms with Crippen molar-refractivity contribution < 1.29 is 14.0 Å². The molecule has 0 aliphatic rings. The van der Waals surface area contributed by atoms with Crippen LogP contribution in [0.15, 0.2) is 41.1 Å². The summed E-state index contributed by atoms with van der Waals surface area (Å²) in [4.78, 5) is 27.3. The fraction of sp³-hybridized carbons (Fsp3) is 0.267. The Morgan fingerprint density at radius 1 is 1.29 bits per heavy atom. The minimum atomic E-state index is -0.277. The Hall–Kier alpha value is -2.63. The number of aryl methyl sites for hydroxylation is 1. The minimum Gasteiger partial charge on any atom is -0.459 e. The van der Waals surface area contributed by atoms with Gasteiger partial charge in [-0.05, 0) is 37.1 Å². The molecule has 0 saturated heterocycles. The lowest BCUT2D eigenvalue weighted by Gasteiger charge is -2.05. The Kier molecular flexibility index (Phi) is 5.09. The second kappa shape index (κ2) is 7.23. The van der Waals surface area contributed by atoms with Gasteiger partial charge in [0, 0.05) is 19.2 Å². The van der Waals surface area contributed by atoms with E-state index in [4.69, 9.17) is 4.42 Å². The highest BCUT2D eigenvalue weighted by atomic mass is 16.3. The number of amides is 2. The maximum Gasteiger partial charge on any atom is 0.286 e. The molecule has 0 fully saturated rings. The van der Waals surface area contributed by atoms with Crippen molar-refractivity contribution in [2.75, 3.05) is 11.9 Å². The fourth-order valence-corrected chi connectivity index (χ4v) is 1.69. The topological polar surface area (TPSA) is 84.2 Å². The molecule has 0 saturated carbocycles. The van der Waals surface area contributed by atoms with Crippen LogP contribution in [0.2, 0.25) is 0 Å². The van der Waals surface area contributed by atoms with Crippen LogP contribution in [0.3, 0.4) is 0 Å². The molecule has 0 spiro atoms. The first-order valence-electron chi connectivity index (χ1n) is 6.69. The molecule has 2 aromatic heterocycles. The molecule has 0 aromatic carbocycles. The lowest BCUT2D eigenvalue weighted by atomic mass is 10.2. The van der Waals surface area contributed by atoms with Gasteiger partial charge in [-0.25, -0.2) is 4.98 Å². The molecule has 2 N–H and O–H groups in total. The molecular weight excluding hydrogens is 270 g/mol. The van der Waals surface area contributed by atoms with Crippen LogP contribution in [0.25, 0.3) is 0 Å². The summed E-state index contributed by atoms with van der Waals surface area (Å²) in [6.07, 6.45) is 3.99. The molecule has 0 aliphatic carbocycles. The first-order valence-corrected chi connectivity index (χ1v) is 6.69. The number of furan rings is 1. The average molecular weight is 287 g/mol. The number of hydrogen-bond acceptors (Lipinski definition) is 4. The van der Waals surface area contributed by atoms with Crippen LogP contribution in [0, 0.1) is 6.92 Å². The van der Waals surface area contributed by atoms with Crippen LogP contribution in [0.5, 0.6) is 0 Å². The maximum atomic E-state index is 11.7. The Labute approximate surface area is 122 Å². The lowest BCUT2D eigenvalue weighted by Crippen LogP contribution is -2.25. The van der Waals surface area contributed by atoms with Crippen molar-refractivity contribution in [1.82, 2.24) is 10.3 Å². The summed E-state index contributed by atoms with van der Waals surface area (Å²) in [7, 11) is 0. The van der Waals surface area contributed by atoms with Crippen molar-refractivity contribution in [2.45, 2.75) is 19.8 Å². The number of hydrogen-bond donors (Lipinski definition) is 2. The number of rotatable bonds is 6. The van der Waals surface area contributed by atoms with Gasteiger partial charge in [-0.2, -0.15) is 0 Å². The number of carbonyl (C=O) groups is 2. The third kappa shape index (κ3) is 4.76. The van der Waals surface area contributed by atoms with E-state index in [-0.39, 0.29) is 17.6 Å². The first-order chi connectivity index (χ1) is 10.1. The zero-order valence-corrected chi connectivity index (χ0v) is 11.8. The molecule has 21 heavy (non-hydrogen) atoms. The van der Waals surface area contributed by atoms with E-state index >= 15 is 0 Å². The normalized spacial score (nSPS) is 10.1. The van der Waals surface area contributed by atoms with Gasteiger partial charge in [-0.1, -0.05) is 6.07 Å². The van der Waals surface area contributed by atoms with E-state index in [1.807, 2.05) is 13.0 Å². The van der Waals surface area contributed by atoms with Crippen molar-refractivity contribution in [3.8, 4) is 0 Å². The smallest absolute Gasteiger partial charge is 0.286 e. The van der Waals surface area contributed by atoms with Crippen LogP contribution < -0.4 is 10.6 Å². The zero-order chi connectivity index (χ0) is 15.1. The highest BCUT2D eigenvalue weighted by molar-refractivity contribution is 5.91. The number of nitrogens with zero attached hydrogens (tertiary/aromatic N) is 1. The fourth-order valence-electron chi connectivity index (χ4n) is 1.69. The summed E-state index contributed by atoms with van der Waals surface area (Å²) in [5.41, 5.74) is 1.04. The van der Waals surface area contributed by atoms with Crippen molar-refractivity contribution in [1.29, 1.82) is 0 Å². The summed E-state index contributed by atoms with van der Waals surface area (Å²) in [6, 6.07) is 6.88. The number of anilines is 1. The summed E-state index contributed by atoms with van der Waals surface area (Å²) in [6.45, 7) is 2.34. The summed E-state index contributed by atoms with van der Waals surface area (Å²) >= 11 is 0. The predicted molar refractivity (Wildman–Crippen MR) is 77.9 cm³/mol. The van der Waals surface area contributed by atoms with E-state index in [9.17, 15) is 9.59 Å². The van der Waals surface area contributed by atoms with Crippen molar-refractivity contribution in [3.05, 3.63) is 48.0 Å². The molecule has 6 nitrogen and oxygen atoms in total. The number of nitrogens with one attached hydrogen (secondary N) is 2. The van der Waals surface area contributed by atoms with Crippen molar-refractivity contribution >= 4 is 17.6 Å². The van der Waals surface area contributed by atoms with Crippen molar-refractivity contribution in [3.63, 3.8) is 0 Å². The van der Waals surface area contributed by atoms with Gasteiger partial charge in [0.2, 0.25) is 5.91 Å². The third-order valence-electron chi connectivity index (χ3n) is 2.79. The number of pyridine rings is 1. The molecule has 2 heterocycles. The quantitative estimate of drug-likeness (QED) is 0.797. The van der Waals surface area contributed by atoms with Gasteiger partial charge in [-0.15, -0.1) is 0 Å². The van der Waals surface area contributed by atoms with E-state index in [2.05, 4.69) is 15.6 Å². The molecule has 2 amide bonds. The predicted octanol–water partition coefficient (Wildman–Crippen LogP) is 2.13. The molecular formula is C15H17N3O3.